The maximum Gasteiger partial charge on any atom is 0.184 e. The number of ether oxygens (including phenoxy) is 1. The Balaban J connectivity index is 1.36. The van der Waals surface area contributed by atoms with Crippen LogP contribution in [0, 0.1) is 0 Å². The molecule has 2 aliphatic rings. The number of hydrogen-bond acceptors (Lipinski definition) is 6. The number of aliphatic hydroxyl groups is 1. The molecule has 0 bridgehead atoms. The molecule has 0 saturated heterocycles. The van der Waals surface area contributed by atoms with E-state index in [9.17, 15) is 5.11 Å². The van der Waals surface area contributed by atoms with Gasteiger partial charge in [0.15, 0.2) is 5.13 Å². The average molecular weight is 382 g/mol. The molecule has 6 heteroatoms. The van der Waals surface area contributed by atoms with E-state index in [2.05, 4.69) is 15.3 Å². The summed E-state index contributed by atoms with van der Waals surface area (Å²) in [6, 6.07) is 8.07. The van der Waals surface area contributed by atoms with Crippen molar-refractivity contribution in [3.8, 4) is 11.5 Å². The first-order valence-corrected chi connectivity index (χ1v) is 10.5. The van der Waals surface area contributed by atoms with Gasteiger partial charge in [0.25, 0.3) is 0 Å². The normalized spacial score (nSPS) is 22.7. The summed E-state index contributed by atoms with van der Waals surface area (Å²) in [6.07, 6.45) is 10.0. The van der Waals surface area contributed by atoms with Gasteiger partial charge in [0.2, 0.25) is 0 Å². The monoisotopic (exact) mass is 381 g/mol. The number of benzene rings is 1. The lowest BCUT2D eigenvalue weighted by atomic mass is 9.93. The molecule has 2 saturated carbocycles. The minimum absolute atomic E-state index is 0.105. The summed E-state index contributed by atoms with van der Waals surface area (Å²) >= 11 is 1.61. The number of aliphatic hydroxyl groups excluding tert-OH is 1. The van der Waals surface area contributed by atoms with Gasteiger partial charge in [-0.15, -0.1) is 0 Å². The van der Waals surface area contributed by atoms with Crippen LogP contribution in [0.5, 0.6) is 11.5 Å². The van der Waals surface area contributed by atoms with E-state index in [1.165, 1.54) is 18.4 Å². The van der Waals surface area contributed by atoms with E-state index in [1.54, 1.807) is 17.5 Å². The lowest BCUT2D eigenvalue weighted by Gasteiger charge is -2.27. The van der Waals surface area contributed by atoms with Gasteiger partial charge in [0.05, 0.1) is 22.4 Å². The first-order valence-electron chi connectivity index (χ1n) is 9.73. The zero-order chi connectivity index (χ0) is 18.2. The second-order valence-electron chi connectivity index (χ2n) is 7.54. The topological polar surface area (TPSA) is 67.3 Å². The van der Waals surface area contributed by atoms with Crippen molar-refractivity contribution in [3.63, 3.8) is 0 Å². The second-order valence-corrected chi connectivity index (χ2v) is 8.57. The van der Waals surface area contributed by atoms with Crippen LogP contribution >= 0.6 is 11.3 Å². The molecule has 27 heavy (non-hydrogen) atoms. The Kier molecular flexibility index (Phi) is 4.45. The van der Waals surface area contributed by atoms with Crippen molar-refractivity contribution >= 4 is 26.7 Å². The van der Waals surface area contributed by atoms with Crippen LogP contribution in [0.25, 0.3) is 10.2 Å². The number of rotatable bonds is 5. The highest BCUT2D eigenvalue weighted by Crippen LogP contribution is 2.45. The fraction of sp³-hybridized carbons (Fsp3) is 0.429. The van der Waals surface area contributed by atoms with E-state index >= 15 is 0 Å². The van der Waals surface area contributed by atoms with Crippen LogP contribution in [-0.2, 0) is 0 Å². The first kappa shape index (κ1) is 17.0. The van der Waals surface area contributed by atoms with Crippen molar-refractivity contribution in [1.29, 1.82) is 0 Å². The van der Waals surface area contributed by atoms with Crippen molar-refractivity contribution in [2.45, 2.75) is 56.6 Å². The Morgan fingerprint density at radius 1 is 1.11 bits per heavy atom. The summed E-state index contributed by atoms with van der Waals surface area (Å²) in [5, 5.41) is 14.5. The van der Waals surface area contributed by atoms with Gasteiger partial charge in [0, 0.05) is 24.0 Å². The van der Waals surface area contributed by atoms with Crippen LogP contribution < -0.4 is 10.1 Å². The molecular weight excluding hydrogens is 358 g/mol. The highest BCUT2D eigenvalue weighted by Gasteiger charge is 2.27. The largest absolute Gasteiger partial charge is 0.457 e. The molecule has 2 atom stereocenters. The highest BCUT2D eigenvalue weighted by molar-refractivity contribution is 7.22. The minimum Gasteiger partial charge on any atom is -0.457 e. The molecule has 1 aromatic carbocycles. The third-order valence-corrected chi connectivity index (χ3v) is 6.40. The minimum atomic E-state index is -0.280. The molecule has 2 N–H and O–H groups in total. The number of thiazole rings is 1. The quantitative estimate of drug-likeness (QED) is 0.645. The zero-order valence-electron chi connectivity index (χ0n) is 15.1. The predicted molar refractivity (Wildman–Crippen MR) is 108 cm³/mol. The van der Waals surface area contributed by atoms with Crippen LogP contribution in [0.1, 0.15) is 50.0 Å². The molecule has 0 aliphatic heterocycles. The van der Waals surface area contributed by atoms with Gasteiger partial charge in [-0.3, -0.25) is 4.98 Å². The number of pyridine rings is 1. The third kappa shape index (κ3) is 3.64. The molecule has 2 aliphatic carbocycles. The number of aromatic nitrogens is 2. The summed E-state index contributed by atoms with van der Waals surface area (Å²) < 4.78 is 7.26. The molecule has 2 heterocycles. The number of anilines is 1. The van der Waals surface area contributed by atoms with Crippen LogP contribution in [0.4, 0.5) is 5.13 Å². The summed E-state index contributed by atoms with van der Waals surface area (Å²) in [5.74, 6) is 2.32. The molecule has 5 rings (SSSR count). The molecule has 2 aromatic heterocycles. The van der Waals surface area contributed by atoms with Gasteiger partial charge in [-0.1, -0.05) is 24.2 Å². The second kappa shape index (κ2) is 7.09. The summed E-state index contributed by atoms with van der Waals surface area (Å²) in [7, 11) is 0. The van der Waals surface area contributed by atoms with Gasteiger partial charge < -0.3 is 15.2 Å². The number of hydrogen-bond donors (Lipinski definition) is 2. The van der Waals surface area contributed by atoms with Crippen LogP contribution in [0.2, 0.25) is 0 Å². The maximum atomic E-state index is 10.2. The van der Waals surface area contributed by atoms with E-state index in [-0.39, 0.29) is 12.1 Å². The Labute approximate surface area is 162 Å². The summed E-state index contributed by atoms with van der Waals surface area (Å²) in [4.78, 5) is 8.92. The van der Waals surface area contributed by atoms with Gasteiger partial charge in [-0.05, 0) is 49.8 Å². The fourth-order valence-corrected chi connectivity index (χ4v) is 4.74. The van der Waals surface area contributed by atoms with Crippen LogP contribution in [-0.4, -0.2) is 27.2 Å². The van der Waals surface area contributed by atoms with Crippen molar-refractivity contribution in [1.82, 2.24) is 9.97 Å². The van der Waals surface area contributed by atoms with Crippen molar-refractivity contribution in [2.24, 2.45) is 0 Å². The van der Waals surface area contributed by atoms with Gasteiger partial charge >= 0.3 is 0 Å². The van der Waals surface area contributed by atoms with Crippen molar-refractivity contribution in [2.75, 3.05) is 5.32 Å². The summed E-state index contributed by atoms with van der Waals surface area (Å²) in [6.45, 7) is 0. The van der Waals surface area contributed by atoms with Crippen molar-refractivity contribution < 1.29 is 9.84 Å². The standard InChI is InChI=1S/C21H23N3O2S/c25-18-4-2-1-3-16(18)23-21-24-17-8-7-14(11-20(17)27-21)26-19-9-10-22-12-15(19)13-5-6-13/h7-13,16,18,25H,1-6H2,(H,23,24)/t16-,18-/m1/s1. The van der Waals surface area contributed by atoms with Crippen LogP contribution in [0.3, 0.4) is 0 Å². The molecule has 140 valence electrons. The van der Waals surface area contributed by atoms with E-state index in [4.69, 9.17) is 4.74 Å². The number of nitrogens with one attached hydrogen (secondary N) is 1. The van der Waals surface area contributed by atoms with Crippen molar-refractivity contribution in [3.05, 3.63) is 42.2 Å². The Hall–Kier alpha value is -2.18. The smallest absolute Gasteiger partial charge is 0.184 e. The van der Waals surface area contributed by atoms with Gasteiger partial charge in [0.1, 0.15) is 11.5 Å². The Morgan fingerprint density at radius 3 is 2.85 bits per heavy atom. The number of nitrogens with zero attached hydrogens (tertiary/aromatic N) is 2. The molecule has 0 amide bonds. The molecule has 2 fully saturated rings. The number of fused-ring (bicyclic) bond motifs is 1. The SMILES string of the molecule is O[C@@H]1CCCC[C@H]1Nc1nc2ccc(Oc3ccncc3C3CC3)cc2s1. The highest BCUT2D eigenvalue weighted by atomic mass is 32.1. The average Bonchev–Trinajstić information content (AvgIpc) is 3.44. The Morgan fingerprint density at radius 2 is 2.00 bits per heavy atom. The van der Waals surface area contributed by atoms with E-state index in [0.717, 1.165) is 52.5 Å². The first-order chi connectivity index (χ1) is 13.3. The van der Waals surface area contributed by atoms with Crippen LogP contribution in [0.15, 0.2) is 36.7 Å². The lowest BCUT2D eigenvalue weighted by Crippen LogP contribution is -2.36. The van der Waals surface area contributed by atoms with E-state index in [1.807, 2.05) is 30.5 Å². The molecule has 3 aromatic rings. The Bertz CT molecular complexity index is 954. The van der Waals surface area contributed by atoms with Gasteiger partial charge in [-0.2, -0.15) is 0 Å². The summed E-state index contributed by atoms with van der Waals surface area (Å²) in [5.41, 5.74) is 2.16. The molecule has 0 unspecified atom stereocenters. The maximum absolute atomic E-state index is 10.2. The third-order valence-electron chi connectivity index (χ3n) is 5.45. The van der Waals surface area contributed by atoms with Gasteiger partial charge in [-0.25, -0.2) is 4.98 Å². The lowest BCUT2D eigenvalue weighted by molar-refractivity contribution is 0.116. The molecule has 5 nitrogen and oxygen atoms in total. The zero-order valence-corrected chi connectivity index (χ0v) is 15.9. The van der Waals surface area contributed by atoms with E-state index in [0.29, 0.717) is 5.92 Å². The predicted octanol–water partition coefficient (Wildman–Crippen LogP) is 5.08. The molecular formula is C21H23N3O2S. The molecule has 0 radical (unpaired) electrons. The molecule has 0 spiro atoms. The van der Waals surface area contributed by atoms with E-state index < -0.39 is 0 Å². The fourth-order valence-electron chi connectivity index (χ4n) is 3.78.